The molecule has 0 aliphatic rings. The maximum Gasteiger partial charge on any atom is 0.330 e. The average Bonchev–Trinajstić information content (AvgIpc) is 2.66. The van der Waals surface area contributed by atoms with Gasteiger partial charge in [-0.1, -0.05) is 17.7 Å². The third-order valence-corrected chi connectivity index (χ3v) is 3.21. The molecular formula is C12H10ClNO2S. The number of hydrogen-bond donors (Lipinski definition) is 0. The summed E-state index contributed by atoms with van der Waals surface area (Å²) in [7, 11) is 0. The zero-order valence-corrected chi connectivity index (χ0v) is 10.7. The number of carbonyl (C=O) groups excluding carboxylic acids is 1. The van der Waals surface area contributed by atoms with Crippen LogP contribution in [0.5, 0.6) is 0 Å². The highest BCUT2D eigenvalue weighted by atomic mass is 35.5. The Balaban J connectivity index is 2.21. The summed E-state index contributed by atoms with van der Waals surface area (Å²) in [4.78, 5) is 15.3. The maximum atomic E-state index is 11.1. The minimum absolute atomic E-state index is 0.338. The van der Waals surface area contributed by atoms with Crippen LogP contribution in [0, 0.1) is 0 Å². The Morgan fingerprint density at radius 3 is 3.18 bits per heavy atom. The van der Waals surface area contributed by atoms with Gasteiger partial charge in [-0.2, -0.15) is 0 Å². The van der Waals surface area contributed by atoms with Gasteiger partial charge in [0.1, 0.15) is 0 Å². The highest BCUT2D eigenvalue weighted by molar-refractivity contribution is 7.22. The van der Waals surface area contributed by atoms with E-state index in [0.717, 1.165) is 15.8 Å². The molecule has 0 atom stereocenters. The van der Waals surface area contributed by atoms with Crippen molar-refractivity contribution in [3.05, 3.63) is 34.3 Å². The van der Waals surface area contributed by atoms with Gasteiger partial charge in [-0.05, 0) is 30.7 Å². The number of benzene rings is 1. The largest absolute Gasteiger partial charge is 0.463 e. The second-order valence-electron chi connectivity index (χ2n) is 3.28. The molecule has 0 amide bonds. The van der Waals surface area contributed by atoms with E-state index >= 15 is 0 Å². The van der Waals surface area contributed by atoms with E-state index in [1.807, 2.05) is 18.2 Å². The van der Waals surface area contributed by atoms with Gasteiger partial charge in [0.2, 0.25) is 0 Å². The minimum Gasteiger partial charge on any atom is -0.463 e. The second kappa shape index (κ2) is 5.29. The van der Waals surface area contributed by atoms with Crippen molar-refractivity contribution < 1.29 is 9.53 Å². The van der Waals surface area contributed by atoms with Crippen LogP contribution in [0.1, 0.15) is 12.5 Å². The van der Waals surface area contributed by atoms with Crippen LogP contribution in [0.2, 0.25) is 4.47 Å². The number of fused-ring (bicyclic) bond motifs is 1. The standard InChI is InChI=1S/C12H10ClNO2S/c1-2-16-11(15)6-4-8-3-5-9-10(7-8)17-12(13)14-9/h3-7H,2H2,1H3. The van der Waals surface area contributed by atoms with E-state index in [1.165, 1.54) is 17.4 Å². The third-order valence-electron chi connectivity index (χ3n) is 2.08. The summed E-state index contributed by atoms with van der Waals surface area (Å²) in [6, 6.07) is 5.70. The third kappa shape index (κ3) is 3.05. The molecule has 1 aromatic heterocycles. The van der Waals surface area contributed by atoms with Crippen LogP contribution in [-0.4, -0.2) is 17.6 Å². The molecule has 0 unspecified atom stereocenters. The zero-order chi connectivity index (χ0) is 12.3. The molecule has 5 heteroatoms. The SMILES string of the molecule is CCOC(=O)C=Cc1ccc2nc(Cl)sc2c1. The molecule has 0 saturated heterocycles. The van der Waals surface area contributed by atoms with Gasteiger partial charge >= 0.3 is 5.97 Å². The average molecular weight is 268 g/mol. The first-order chi connectivity index (χ1) is 8.19. The molecule has 0 bridgehead atoms. The van der Waals surface area contributed by atoms with Crippen molar-refractivity contribution in [2.75, 3.05) is 6.61 Å². The van der Waals surface area contributed by atoms with Crippen molar-refractivity contribution in [1.29, 1.82) is 0 Å². The van der Waals surface area contributed by atoms with Crippen LogP contribution in [-0.2, 0) is 9.53 Å². The Hall–Kier alpha value is -1.39. The van der Waals surface area contributed by atoms with Crippen molar-refractivity contribution >= 4 is 45.2 Å². The number of ether oxygens (including phenoxy) is 1. The summed E-state index contributed by atoms with van der Waals surface area (Å²) in [6.45, 7) is 2.16. The van der Waals surface area contributed by atoms with Crippen molar-refractivity contribution in [2.45, 2.75) is 6.92 Å². The zero-order valence-electron chi connectivity index (χ0n) is 9.14. The first-order valence-electron chi connectivity index (χ1n) is 5.10. The molecule has 1 aromatic carbocycles. The number of esters is 1. The number of thiazole rings is 1. The Morgan fingerprint density at radius 2 is 2.41 bits per heavy atom. The fraction of sp³-hybridized carbons (Fsp3) is 0.167. The first kappa shape index (κ1) is 12.1. The van der Waals surface area contributed by atoms with Crippen molar-refractivity contribution in [2.24, 2.45) is 0 Å². The molecule has 0 aliphatic carbocycles. The van der Waals surface area contributed by atoms with E-state index in [2.05, 4.69) is 4.98 Å². The summed E-state index contributed by atoms with van der Waals surface area (Å²) in [5.74, 6) is -0.338. The molecule has 3 nitrogen and oxygen atoms in total. The van der Waals surface area contributed by atoms with E-state index in [-0.39, 0.29) is 5.97 Å². The molecule has 0 saturated carbocycles. The van der Waals surface area contributed by atoms with Crippen molar-refractivity contribution in [1.82, 2.24) is 4.98 Å². The normalized spacial score (nSPS) is 11.2. The van der Waals surface area contributed by atoms with Gasteiger partial charge in [0.05, 0.1) is 16.8 Å². The summed E-state index contributed by atoms with van der Waals surface area (Å²) in [5, 5.41) is 0. The highest BCUT2D eigenvalue weighted by Gasteiger charge is 2.01. The Kier molecular flexibility index (Phi) is 3.76. The lowest BCUT2D eigenvalue weighted by Gasteiger charge is -1.95. The van der Waals surface area contributed by atoms with Crippen LogP contribution in [0.25, 0.3) is 16.3 Å². The maximum absolute atomic E-state index is 11.1. The van der Waals surface area contributed by atoms with Crippen LogP contribution >= 0.6 is 22.9 Å². The van der Waals surface area contributed by atoms with E-state index in [4.69, 9.17) is 16.3 Å². The van der Waals surface area contributed by atoms with Crippen LogP contribution in [0.15, 0.2) is 24.3 Å². The number of carbonyl (C=O) groups is 1. The van der Waals surface area contributed by atoms with Gasteiger partial charge in [-0.15, -0.1) is 11.3 Å². The second-order valence-corrected chi connectivity index (χ2v) is 4.89. The number of halogens is 1. The fourth-order valence-electron chi connectivity index (χ4n) is 1.37. The number of aromatic nitrogens is 1. The molecule has 0 N–H and O–H groups in total. The molecule has 0 spiro atoms. The Morgan fingerprint density at radius 1 is 1.59 bits per heavy atom. The molecule has 1 heterocycles. The first-order valence-corrected chi connectivity index (χ1v) is 6.29. The van der Waals surface area contributed by atoms with Gasteiger partial charge in [0.15, 0.2) is 4.47 Å². The predicted octanol–water partition coefficient (Wildman–Crippen LogP) is 3.53. The van der Waals surface area contributed by atoms with Gasteiger partial charge < -0.3 is 4.74 Å². The number of nitrogens with zero attached hydrogens (tertiary/aromatic N) is 1. The lowest BCUT2D eigenvalue weighted by Crippen LogP contribution is -1.98. The van der Waals surface area contributed by atoms with Crippen LogP contribution < -0.4 is 0 Å². The molecule has 17 heavy (non-hydrogen) atoms. The monoisotopic (exact) mass is 267 g/mol. The van der Waals surface area contributed by atoms with Crippen LogP contribution in [0.3, 0.4) is 0 Å². The lowest BCUT2D eigenvalue weighted by molar-refractivity contribution is -0.137. The Bertz CT molecular complexity index is 577. The van der Waals surface area contributed by atoms with Crippen molar-refractivity contribution in [3.63, 3.8) is 0 Å². The highest BCUT2D eigenvalue weighted by Crippen LogP contribution is 2.26. The summed E-state index contributed by atoms with van der Waals surface area (Å²) >= 11 is 7.23. The van der Waals surface area contributed by atoms with Crippen LogP contribution in [0.4, 0.5) is 0 Å². The van der Waals surface area contributed by atoms with E-state index in [1.54, 1.807) is 13.0 Å². The fourth-order valence-corrected chi connectivity index (χ4v) is 2.45. The van der Waals surface area contributed by atoms with E-state index in [0.29, 0.717) is 11.1 Å². The molecule has 0 radical (unpaired) electrons. The number of hydrogen-bond acceptors (Lipinski definition) is 4. The molecular weight excluding hydrogens is 258 g/mol. The van der Waals surface area contributed by atoms with Gasteiger partial charge in [0.25, 0.3) is 0 Å². The minimum atomic E-state index is -0.338. The molecule has 88 valence electrons. The molecule has 0 fully saturated rings. The topological polar surface area (TPSA) is 39.2 Å². The van der Waals surface area contributed by atoms with E-state index < -0.39 is 0 Å². The summed E-state index contributed by atoms with van der Waals surface area (Å²) < 4.78 is 6.32. The Labute approximate surface area is 108 Å². The van der Waals surface area contributed by atoms with Gasteiger partial charge in [-0.3, -0.25) is 0 Å². The summed E-state index contributed by atoms with van der Waals surface area (Å²) in [5.41, 5.74) is 1.79. The molecule has 0 aliphatic heterocycles. The van der Waals surface area contributed by atoms with Gasteiger partial charge in [0, 0.05) is 6.08 Å². The van der Waals surface area contributed by atoms with Gasteiger partial charge in [-0.25, -0.2) is 9.78 Å². The quantitative estimate of drug-likeness (QED) is 0.631. The molecule has 2 aromatic rings. The van der Waals surface area contributed by atoms with E-state index in [9.17, 15) is 4.79 Å². The smallest absolute Gasteiger partial charge is 0.330 e. The predicted molar refractivity (Wildman–Crippen MR) is 70.3 cm³/mol. The lowest BCUT2D eigenvalue weighted by atomic mass is 10.2. The molecule has 2 rings (SSSR count). The number of rotatable bonds is 3. The van der Waals surface area contributed by atoms with Crippen molar-refractivity contribution in [3.8, 4) is 0 Å². The summed E-state index contributed by atoms with van der Waals surface area (Å²) in [6.07, 6.45) is 3.12.